The van der Waals surface area contributed by atoms with Gasteiger partial charge in [0.1, 0.15) is 17.1 Å². The maximum absolute atomic E-state index is 5.52. The van der Waals surface area contributed by atoms with Crippen molar-refractivity contribution in [2.24, 2.45) is 0 Å². The number of aromatic nitrogens is 3. The molecule has 3 aromatic rings. The van der Waals surface area contributed by atoms with Crippen molar-refractivity contribution < 1.29 is 4.42 Å². The van der Waals surface area contributed by atoms with Gasteiger partial charge in [0, 0.05) is 32.4 Å². The third-order valence-corrected chi connectivity index (χ3v) is 4.44. The number of likely N-dealkylation sites (N-methyl/N-ethyl adjacent to an activating group) is 1. The van der Waals surface area contributed by atoms with E-state index in [1.807, 2.05) is 30.5 Å². The molecular formula is C17H21N5O. The van der Waals surface area contributed by atoms with Gasteiger partial charge in [-0.3, -0.25) is 4.90 Å². The zero-order valence-corrected chi connectivity index (χ0v) is 13.4. The van der Waals surface area contributed by atoms with Gasteiger partial charge in [0.15, 0.2) is 5.65 Å². The van der Waals surface area contributed by atoms with Gasteiger partial charge >= 0.3 is 0 Å². The van der Waals surface area contributed by atoms with E-state index in [2.05, 4.69) is 26.4 Å². The minimum atomic E-state index is 0.670. The number of piperazine rings is 1. The lowest BCUT2D eigenvalue weighted by Gasteiger charge is -2.32. The quantitative estimate of drug-likeness (QED) is 0.735. The van der Waals surface area contributed by atoms with Crippen LogP contribution in [-0.4, -0.2) is 57.6 Å². The molecule has 0 saturated carbocycles. The van der Waals surface area contributed by atoms with Crippen molar-refractivity contribution in [3.8, 4) is 0 Å². The van der Waals surface area contributed by atoms with Crippen molar-refractivity contribution in [2.75, 3.05) is 33.2 Å². The average molecular weight is 311 g/mol. The van der Waals surface area contributed by atoms with Crippen molar-refractivity contribution in [3.63, 3.8) is 0 Å². The van der Waals surface area contributed by atoms with E-state index in [-0.39, 0.29) is 0 Å². The molecule has 1 saturated heterocycles. The molecule has 6 nitrogen and oxygen atoms in total. The van der Waals surface area contributed by atoms with Gasteiger partial charge in [0.2, 0.25) is 0 Å². The summed E-state index contributed by atoms with van der Waals surface area (Å²) in [6.07, 6.45) is 3.53. The van der Waals surface area contributed by atoms with Gasteiger partial charge in [-0.2, -0.15) is 0 Å². The smallest absolute Gasteiger partial charge is 0.160 e. The lowest BCUT2D eigenvalue weighted by Crippen LogP contribution is -2.44. The zero-order chi connectivity index (χ0) is 15.6. The van der Waals surface area contributed by atoms with Crippen LogP contribution in [0.3, 0.4) is 0 Å². The van der Waals surface area contributed by atoms with Crippen LogP contribution in [0.2, 0.25) is 0 Å². The largest absolute Gasteiger partial charge is 0.467 e. The lowest BCUT2D eigenvalue weighted by atomic mass is 10.3. The normalized spacial score (nSPS) is 17.1. The predicted octanol–water partition coefficient (Wildman–Crippen LogP) is 1.82. The summed E-state index contributed by atoms with van der Waals surface area (Å²) in [5, 5.41) is 0. The fraction of sp³-hybridized carbons (Fsp3) is 0.412. The Morgan fingerprint density at radius 1 is 1.09 bits per heavy atom. The second kappa shape index (κ2) is 6.14. The summed E-state index contributed by atoms with van der Waals surface area (Å²) in [5.74, 6) is 1.98. The summed E-state index contributed by atoms with van der Waals surface area (Å²) in [6, 6.07) is 7.87. The van der Waals surface area contributed by atoms with Crippen LogP contribution in [-0.2, 0) is 13.1 Å². The van der Waals surface area contributed by atoms with Crippen molar-refractivity contribution in [2.45, 2.75) is 13.1 Å². The maximum Gasteiger partial charge on any atom is 0.160 e. The molecule has 0 bridgehead atoms. The highest BCUT2D eigenvalue weighted by molar-refractivity contribution is 5.71. The van der Waals surface area contributed by atoms with Crippen LogP contribution >= 0.6 is 0 Å². The molecule has 0 atom stereocenters. The number of fused-ring (bicyclic) bond motifs is 1. The van der Waals surface area contributed by atoms with E-state index in [9.17, 15) is 0 Å². The van der Waals surface area contributed by atoms with E-state index in [1.54, 1.807) is 6.26 Å². The van der Waals surface area contributed by atoms with Crippen molar-refractivity contribution in [3.05, 3.63) is 48.3 Å². The van der Waals surface area contributed by atoms with E-state index in [4.69, 9.17) is 9.40 Å². The molecule has 1 aliphatic heterocycles. The molecule has 6 heteroatoms. The fourth-order valence-electron chi connectivity index (χ4n) is 3.06. The second-order valence-corrected chi connectivity index (χ2v) is 6.12. The van der Waals surface area contributed by atoms with Crippen LogP contribution in [0, 0.1) is 0 Å². The first-order valence-corrected chi connectivity index (χ1v) is 8.03. The highest BCUT2D eigenvalue weighted by Gasteiger charge is 2.19. The highest BCUT2D eigenvalue weighted by Crippen LogP contribution is 2.18. The Balaban J connectivity index is 1.64. The summed E-state index contributed by atoms with van der Waals surface area (Å²) in [5.41, 5.74) is 1.87. The minimum absolute atomic E-state index is 0.670. The Kier molecular flexibility index (Phi) is 3.85. The van der Waals surface area contributed by atoms with Crippen molar-refractivity contribution in [1.82, 2.24) is 24.3 Å². The molecule has 0 radical (unpaired) electrons. The van der Waals surface area contributed by atoms with Gasteiger partial charge in [-0.05, 0) is 31.3 Å². The SMILES string of the molecule is CN1CCN(Cc2nc3cccnc3n2Cc2ccco2)CC1. The van der Waals surface area contributed by atoms with Crippen LogP contribution in [0.4, 0.5) is 0 Å². The van der Waals surface area contributed by atoms with Gasteiger partial charge < -0.3 is 13.9 Å². The van der Waals surface area contributed by atoms with Gasteiger partial charge in [-0.15, -0.1) is 0 Å². The first-order valence-electron chi connectivity index (χ1n) is 8.03. The van der Waals surface area contributed by atoms with Gasteiger partial charge in [0.05, 0.1) is 19.4 Å². The first kappa shape index (κ1) is 14.4. The molecule has 4 heterocycles. The number of pyridine rings is 1. The molecular weight excluding hydrogens is 290 g/mol. The number of rotatable bonds is 4. The summed E-state index contributed by atoms with van der Waals surface area (Å²) in [6.45, 7) is 5.89. The van der Waals surface area contributed by atoms with Crippen LogP contribution in [0.5, 0.6) is 0 Å². The van der Waals surface area contributed by atoms with E-state index in [0.29, 0.717) is 6.54 Å². The Morgan fingerprint density at radius 2 is 1.96 bits per heavy atom. The molecule has 0 aromatic carbocycles. The molecule has 1 fully saturated rings. The maximum atomic E-state index is 5.52. The number of hydrogen-bond donors (Lipinski definition) is 0. The third kappa shape index (κ3) is 3.00. The van der Waals surface area contributed by atoms with Crippen molar-refractivity contribution >= 4 is 11.2 Å². The third-order valence-electron chi connectivity index (χ3n) is 4.44. The molecule has 4 rings (SSSR count). The standard InChI is InChI=1S/C17H21N5O/c1-20-7-9-21(10-8-20)13-16-19-15-5-2-6-18-17(15)22(16)12-14-4-3-11-23-14/h2-6,11H,7-10,12-13H2,1H3. The van der Waals surface area contributed by atoms with Crippen molar-refractivity contribution in [1.29, 1.82) is 0 Å². The van der Waals surface area contributed by atoms with Crippen LogP contribution in [0.25, 0.3) is 11.2 Å². The Bertz CT molecular complexity index is 771. The topological polar surface area (TPSA) is 50.3 Å². The first-order chi connectivity index (χ1) is 11.3. The van der Waals surface area contributed by atoms with E-state index in [1.165, 1.54) is 0 Å². The van der Waals surface area contributed by atoms with E-state index < -0.39 is 0 Å². The van der Waals surface area contributed by atoms with Crippen LogP contribution < -0.4 is 0 Å². The molecule has 3 aromatic heterocycles. The number of imidazole rings is 1. The van der Waals surface area contributed by atoms with Gasteiger partial charge in [-0.1, -0.05) is 0 Å². The van der Waals surface area contributed by atoms with E-state index >= 15 is 0 Å². The Morgan fingerprint density at radius 3 is 2.74 bits per heavy atom. The van der Waals surface area contributed by atoms with Gasteiger partial charge in [0.25, 0.3) is 0 Å². The summed E-state index contributed by atoms with van der Waals surface area (Å²) < 4.78 is 7.69. The minimum Gasteiger partial charge on any atom is -0.467 e. The van der Waals surface area contributed by atoms with Crippen LogP contribution in [0.15, 0.2) is 41.1 Å². The average Bonchev–Trinajstić information content (AvgIpc) is 3.19. The molecule has 0 amide bonds. The number of furan rings is 1. The van der Waals surface area contributed by atoms with E-state index in [0.717, 1.165) is 55.5 Å². The molecule has 23 heavy (non-hydrogen) atoms. The number of nitrogens with zero attached hydrogens (tertiary/aromatic N) is 5. The number of hydrogen-bond acceptors (Lipinski definition) is 5. The predicted molar refractivity (Wildman–Crippen MR) is 88.1 cm³/mol. The zero-order valence-electron chi connectivity index (χ0n) is 13.4. The second-order valence-electron chi connectivity index (χ2n) is 6.12. The molecule has 0 spiro atoms. The van der Waals surface area contributed by atoms with Crippen LogP contribution in [0.1, 0.15) is 11.6 Å². The Hall–Kier alpha value is -2.18. The summed E-state index contributed by atoms with van der Waals surface area (Å²) in [7, 11) is 2.17. The lowest BCUT2D eigenvalue weighted by molar-refractivity contribution is 0.144. The summed E-state index contributed by atoms with van der Waals surface area (Å²) >= 11 is 0. The molecule has 0 N–H and O–H groups in total. The molecule has 120 valence electrons. The molecule has 0 unspecified atom stereocenters. The monoisotopic (exact) mass is 311 g/mol. The summed E-state index contributed by atoms with van der Waals surface area (Å²) in [4.78, 5) is 14.2. The Labute approximate surface area is 135 Å². The fourth-order valence-corrected chi connectivity index (χ4v) is 3.06. The highest BCUT2D eigenvalue weighted by atomic mass is 16.3. The van der Waals surface area contributed by atoms with Gasteiger partial charge in [-0.25, -0.2) is 9.97 Å². The molecule has 0 aliphatic carbocycles. The molecule has 1 aliphatic rings.